The lowest BCUT2D eigenvalue weighted by Gasteiger charge is -2.37. The molecule has 1 saturated heterocycles. The summed E-state index contributed by atoms with van der Waals surface area (Å²) in [6, 6.07) is -1.58. The van der Waals surface area contributed by atoms with Crippen molar-refractivity contribution in [1.29, 1.82) is 0 Å². The quantitative estimate of drug-likeness (QED) is 0.362. The minimum absolute atomic E-state index is 0.0356. The van der Waals surface area contributed by atoms with E-state index in [0.717, 1.165) is 6.42 Å². The molecule has 1 unspecified atom stereocenters. The van der Waals surface area contributed by atoms with Crippen molar-refractivity contribution < 1.29 is 29.0 Å². The molecule has 0 bridgehead atoms. The van der Waals surface area contributed by atoms with Crippen molar-refractivity contribution in [3.05, 3.63) is 0 Å². The van der Waals surface area contributed by atoms with E-state index in [-0.39, 0.29) is 48.1 Å². The third-order valence-corrected chi connectivity index (χ3v) is 5.74. The van der Waals surface area contributed by atoms with Gasteiger partial charge in [-0.15, -0.1) is 0 Å². The maximum atomic E-state index is 12.4. The highest BCUT2D eigenvalue weighted by molar-refractivity contribution is 5.94. The van der Waals surface area contributed by atoms with E-state index in [1.807, 2.05) is 27.7 Å². The van der Waals surface area contributed by atoms with Crippen LogP contribution in [0.1, 0.15) is 53.9 Å². The van der Waals surface area contributed by atoms with Crippen LogP contribution in [-0.4, -0.2) is 59.1 Å². The molecular formula is C20H33N3O6. The number of nitrogens with one attached hydrogen (secondary N) is 3. The summed E-state index contributed by atoms with van der Waals surface area (Å²) in [6.07, 6.45) is 0.885. The Morgan fingerprint density at radius 2 is 1.86 bits per heavy atom. The third-order valence-electron chi connectivity index (χ3n) is 5.74. The van der Waals surface area contributed by atoms with Gasteiger partial charge in [-0.3, -0.25) is 14.4 Å². The van der Waals surface area contributed by atoms with Crippen LogP contribution in [0.4, 0.5) is 0 Å². The Hall–Kier alpha value is -2.16. The van der Waals surface area contributed by atoms with Crippen LogP contribution in [0.25, 0.3) is 0 Å². The molecule has 1 saturated carbocycles. The summed E-state index contributed by atoms with van der Waals surface area (Å²) in [7, 11) is 0. The largest absolute Gasteiger partial charge is 0.480 e. The van der Waals surface area contributed by atoms with Gasteiger partial charge in [-0.05, 0) is 31.6 Å². The molecule has 1 heterocycles. The Labute approximate surface area is 171 Å². The van der Waals surface area contributed by atoms with Crippen molar-refractivity contribution in [2.45, 2.75) is 84.2 Å². The predicted molar refractivity (Wildman–Crippen MR) is 105 cm³/mol. The number of cyclic esters (lactones) is 1. The number of carbonyl (C=O) groups excluding carboxylic acids is 3. The Bertz CT molecular complexity index is 652. The number of esters is 1. The number of hydrogen-bond donors (Lipinski definition) is 4. The zero-order valence-corrected chi connectivity index (χ0v) is 17.7. The Balaban J connectivity index is 1.82. The number of carboxylic acids is 1. The minimum Gasteiger partial charge on any atom is -0.480 e. The van der Waals surface area contributed by atoms with Gasteiger partial charge in [-0.2, -0.15) is 0 Å². The molecule has 1 aliphatic heterocycles. The van der Waals surface area contributed by atoms with Gasteiger partial charge in [0.15, 0.2) is 6.10 Å². The molecule has 0 aromatic rings. The molecule has 2 fully saturated rings. The summed E-state index contributed by atoms with van der Waals surface area (Å²) in [4.78, 5) is 47.8. The second-order valence-corrected chi connectivity index (χ2v) is 8.56. The Kier molecular flexibility index (Phi) is 7.62. The highest BCUT2D eigenvalue weighted by Gasteiger charge is 2.51. The molecule has 0 aromatic carbocycles. The van der Waals surface area contributed by atoms with Gasteiger partial charge >= 0.3 is 11.9 Å². The molecular weight excluding hydrogens is 378 g/mol. The van der Waals surface area contributed by atoms with Crippen molar-refractivity contribution in [2.24, 2.45) is 17.8 Å². The molecule has 7 atom stereocenters. The van der Waals surface area contributed by atoms with Gasteiger partial charge in [0, 0.05) is 12.1 Å². The lowest BCUT2D eigenvalue weighted by Crippen LogP contribution is -2.56. The molecule has 9 heteroatoms. The van der Waals surface area contributed by atoms with Gasteiger partial charge in [0.25, 0.3) is 5.91 Å². The zero-order chi connectivity index (χ0) is 21.9. The first kappa shape index (κ1) is 23.1. The standard InChI is InChI=1S/C20H33N3O6/c1-6-10(4)15-16(29-20(15)28)18(25)22-13-7-12(13)8-14(19(26)27)23-17(24)11(5)21-9(2)3/h9-16,21H,6-8H2,1-5H3,(H,22,25)(H,23,24)(H,26,27)/t10-,11-,12+,13?,14-,15-,16+/m0/s1. The summed E-state index contributed by atoms with van der Waals surface area (Å²) in [6.45, 7) is 9.37. The number of aliphatic carboxylic acids is 1. The van der Waals surface area contributed by atoms with E-state index in [1.165, 1.54) is 0 Å². The topological polar surface area (TPSA) is 134 Å². The zero-order valence-electron chi connectivity index (χ0n) is 17.7. The first-order valence-electron chi connectivity index (χ1n) is 10.3. The van der Waals surface area contributed by atoms with E-state index in [1.54, 1.807) is 6.92 Å². The van der Waals surface area contributed by atoms with Crippen LogP contribution in [0.3, 0.4) is 0 Å². The average Bonchev–Trinajstić information content (AvgIpc) is 3.34. The molecule has 29 heavy (non-hydrogen) atoms. The van der Waals surface area contributed by atoms with Crippen LogP contribution in [0, 0.1) is 17.8 Å². The number of carbonyl (C=O) groups is 4. The molecule has 0 aromatic heterocycles. The van der Waals surface area contributed by atoms with Gasteiger partial charge in [0.1, 0.15) is 12.0 Å². The van der Waals surface area contributed by atoms with E-state index >= 15 is 0 Å². The fraction of sp³-hybridized carbons (Fsp3) is 0.800. The molecule has 2 amide bonds. The highest BCUT2D eigenvalue weighted by atomic mass is 16.6. The summed E-state index contributed by atoms with van der Waals surface area (Å²) < 4.78 is 5.02. The third kappa shape index (κ3) is 5.91. The molecule has 0 spiro atoms. The van der Waals surface area contributed by atoms with Crippen LogP contribution in [0.5, 0.6) is 0 Å². The molecule has 1 aliphatic carbocycles. The lowest BCUT2D eigenvalue weighted by molar-refractivity contribution is -0.193. The lowest BCUT2D eigenvalue weighted by atomic mass is 9.83. The first-order chi connectivity index (χ1) is 13.5. The normalized spacial score (nSPS) is 28.6. The fourth-order valence-corrected chi connectivity index (χ4v) is 3.68. The molecule has 9 nitrogen and oxygen atoms in total. The van der Waals surface area contributed by atoms with E-state index in [2.05, 4.69) is 16.0 Å². The number of carboxylic acid groups (broad SMARTS) is 1. The van der Waals surface area contributed by atoms with Crippen LogP contribution in [0.2, 0.25) is 0 Å². The second-order valence-electron chi connectivity index (χ2n) is 8.56. The number of rotatable bonds is 11. The SMILES string of the molecule is CC[C@H](C)[C@@H]1C(=O)O[C@H]1C(=O)NC1C[C@@H]1C[C@H](NC(=O)[C@H](C)NC(C)C)C(=O)O. The summed E-state index contributed by atoms with van der Waals surface area (Å²) in [5, 5.41) is 17.9. The van der Waals surface area contributed by atoms with E-state index in [9.17, 15) is 24.3 Å². The molecule has 0 radical (unpaired) electrons. The van der Waals surface area contributed by atoms with E-state index < -0.39 is 30.1 Å². The van der Waals surface area contributed by atoms with Gasteiger partial charge in [-0.1, -0.05) is 34.1 Å². The summed E-state index contributed by atoms with van der Waals surface area (Å²) in [5.74, 6) is -2.53. The first-order valence-corrected chi connectivity index (χ1v) is 10.3. The Morgan fingerprint density at radius 1 is 1.21 bits per heavy atom. The van der Waals surface area contributed by atoms with Crippen molar-refractivity contribution in [2.75, 3.05) is 0 Å². The predicted octanol–water partition coefficient (Wildman–Crippen LogP) is 0.425. The number of ether oxygens (including phenoxy) is 1. The van der Waals surface area contributed by atoms with Crippen LogP contribution in [0.15, 0.2) is 0 Å². The van der Waals surface area contributed by atoms with Gasteiger partial charge < -0.3 is 25.8 Å². The maximum Gasteiger partial charge on any atom is 0.326 e. The van der Waals surface area contributed by atoms with Crippen molar-refractivity contribution in [3.63, 3.8) is 0 Å². The van der Waals surface area contributed by atoms with Crippen molar-refractivity contribution in [3.8, 4) is 0 Å². The Morgan fingerprint density at radius 3 is 2.38 bits per heavy atom. The van der Waals surface area contributed by atoms with Gasteiger partial charge in [-0.25, -0.2) is 4.79 Å². The van der Waals surface area contributed by atoms with Crippen LogP contribution >= 0.6 is 0 Å². The van der Waals surface area contributed by atoms with E-state index in [0.29, 0.717) is 6.42 Å². The molecule has 2 aliphatic rings. The molecule has 2 rings (SSSR count). The highest BCUT2D eigenvalue weighted by Crippen LogP contribution is 2.37. The maximum absolute atomic E-state index is 12.4. The minimum atomic E-state index is -1.10. The summed E-state index contributed by atoms with van der Waals surface area (Å²) >= 11 is 0. The smallest absolute Gasteiger partial charge is 0.326 e. The monoisotopic (exact) mass is 411 g/mol. The van der Waals surface area contributed by atoms with Crippen molar-refractivity contribution >= 4 is 23.8 Å². The second kappa shape index (κ2) is 9.56. The van der Waals surface area contributed by atoms with Crippen molar-refractivity contribution in [1.82, 2.24) is 16.0 Å². The summed E-state index contributed by atoms with van der Waals surface area (Å²) in [5.41, 5.74) is 0. The number of amides is 2. The number of hydrogen-bond acceptors (Lipinski definition) is 6. The van der Waals surface area contributed by atoms with Crippen LogP contribution < -0.4 is 16.0 Å². The van der Waals surface area contributed by atoms with Gasteiger partial charge in [0.2, 0.25) is 5.91 Å². The fourth-order valence-electron chi connectivity index (χ4n) is 3.68. The van der Waals surface area contributed by atoms with E-state index in [4.69, 9.17) is 4.74 Å². The van der Waals surface area contributed by atoms with Gasteiger partial charge in [0.05, 0.1) is 6.04 Å². The molecule has 164 valence electrons. The molecule has 4 N–H and O–H groups in total. The van der Waals surface area contributed by atoms with Crippen LogP contribution in [-0.2, 0) is 23.9 Å². The average molecular weight is 411 g/mol.